The van der Waals surface area contributed by atoms with Gasteiger partial charge in [-0.1, -0.05) is 45.6 Å². The highest BCUT2D eigenvalue weighted by atomic mass is 16.1. The number of carbonyl (C=O) groups excluding carboxylic acids is 1. The van der Waals surface area contributed by atoms with E-state index in [1.54, 1.807) is 6.08 Å². The van der Waals surface area contributed by atoms with Gasteiger partial charge in [0.15, 0.2) is 5.71 Å². The van der Waals surface area contributed by atoms with Crippen LogP contribution in [0.15, 0.2) is 41.2 Å². The van der Waals surface area contributed by atoms with Gasteiger partial charge in [-0.05, 0) is 60.9 Å². The third-order valence-electron chi connectivity index (χ3n) is 7.38. The van der Waals surface area contributed by atoms with Crippen LogP contribution in [0.25, 0.3) is 10.4 Å². The minimum Gasteiger partial charge on any atom is -0.361 e. The van der Waals surface area contributed by atoms with Crippen molar-refractivity contribution in [2.45, 2.75) is 52.9 Å². The number of aliphatic imine (C=N–C) groups is 1. The van der Waals surface area contributed by atoms with E-state index >= 15 is 0 Å². The molecular formula is C28H37N5O. The predicted molar refractivity (Wildman–Crippen MR) is 140 cm³/mol. The van der Waals surface area contributed by atoms with Gasteiger partial charge >= 0.3 is 0 Å². The van der Waals surface area contributed by atoms with E-state index in [0.717, 1.165) is 76.2 Å². The van der Waals surface area contributed by atoms with Crippen molar-refractivity contribution >= 4 is 22.9 Å². The maximum Gasteiger partial charge on any atom is 0.293 e. The molecule has 34 heavy (non-hydrogen) atoms. The number of nitrogens with zero attached hydrogens (tertiary/aromatic N) is 4. The fourth-order valence-electron chi connectivity index (χ4n) is 4.89. The Balaban J connectivity index is 1.50. The number of piperazine rings is 1. The molecule has 1 aromatic rings. The highest BCUT2D eigenvalue weighted by Crippen LogP contribution is 2.40. The number of allylic oxidation sites excluding steroid dienone is 3. The van der Waals surface area contributed by atoms with Crippen molar-refractivity contribution in [1.82, 2.24) is 9.80 Å². The summed E-state index contributed by atoms with van der Waals surface area (Å²) in [7, 11) is 0. The summed E-state index contributed by atoms with van der Waals surface area (Å²) in [6, 6.07) is 6.48. The van der Waals surface area contributed by atoms with Gasteiger partial charge in [-0.3, -0.25) is 4.79 Å². The molecule has 1 fully saturated rings. The van der Waals surface area contributed by atoms with Gasteiger partial charge < -0.3 is 20.0 Å². The molecule has 1 N–H and O–H groups in total. The normalized spacial score (nSPS) is 20.8. The average molecular weight is 460 g/mol. The second-order valence-corrected chi connectivity index (χ2v) is 10.4. The smallest absolute Gasteiger partial charge is 0.293 e. The molecular weight excluding hydrogens is 422 g/mol. The number of benzene rings is 1. The number of rotatable bonds is 7. The van der Waals surface area contributed by atoms with Crippen LogP contribution in [0.5, 0.6) is 0 Å². The molecule has 0 bridgehead atoms. The predicted octanol–water partition coefficient (Wildman–Crippen LogP) is 5.00. The van der Waals surface area contributed by atoms with Gasteiger partial charge in [-0.2, -0.15) is 0 Å². The quantitative estimate of drug-likeness (QED) is 0.584. The number of anilines is 1. The standard InChI is InChI=1S/C28H37N5O/c1-5-32-16-18-33(19-17-32)15-12-21-6-7-24(31-27(34)25-8-9-26(29-4)30-25)23(20-21)22-10-13-28(2,3)14-11-22/h6-7,9-10,20H,5,8,11-19H2,1-3H3,(H,31,34). The molecule has 6 nitrogen and oxygen atoms in total. The van der Waals surface area contributed by atoms with E-state index < -0.39 is 0 Å². The van der Waals surface area contributed by atoms with E-state index in [1.165, 1.54) is 11.1 Å². The van der Waals surface area contributed by atoms with Gasteiger partial charge in [0.1, 0.15) is 0 Å². The first-order valence-electron chi connectivity index (χ1n) is 12.6. The second-order valence-electron chi connectivity index (χ2n) is 10.4. The molecule has 1 saturated heterocycles. The third-order valence-corrected chi connectivity index (χ3v) is 7.38. The number of nitrogens with one attached hydrogen (secondary N) is 1. The molecule has 0 spiro atoms. The van der Waals surface area contributed by atoms with Crippen molar-refractivity contribution in [3.63, 3.8) is 0 Å². The SMILES string of the molecule is [C-]#[N+]C1=CCC(C(=O)Nc2ccc(CCN3CCN(CC)CC3)cc2C2=CCC(C)(C)CC2)=N1. The van der Waals surface area contributed by atoms with Crippen molar-refractivity contribution in [3.8, 4) is 0 Å². The van der Waals surface area contributed by atoms with Crippen molar-refractivity contribution in [2.75, 3.05) is 44.6 Å². The van der Waals surface area contributed by atoms with E-state index in [0.29, 0.717) is 23.4 Å². The zero-order chi connectivity index (χ0) is 24.1. The number of likely N-dealkylation sites (N-methyl/N-ethyl adjacent to an activating group) is 1. The van der Waals surface area contributed by atoms with Gasteiger partial charge in [0.05, 0.1) is 0 Å². The Bertz CT molecular complexity index is 1050. The van der Waals surface area contributed by atoms with Crippen LogP contribution >= 0.6 is 0 Å². The summed E-state index contributed by atoms with van der Waals surface area (Å²) >= 11 is 0. The monoisotopic (exact) mass is 459 g/mol. The molecule has 0 atom stereocenters. The Morgan fingerprint density at radius 2 is 1.94 bits per heavy atom. The molecule has 0 unspecified atom stereocenters. The summed E-state index contributed by atoms with van der Waals surface area (Å²) in [5.74, 6) is 0.0900. The van der Waals surface area contributed by atoms with Crippen LogP contribution in [0.1, 0.15) is 57.6 Å². The van der Waals surface area contributed by atoms with Crippen LogP contribution in [-0.4, -0.2) is 60.7 Å². The summed E-state index contributed by atoms with van der Waals surface area (Å²) in [5, 5.41) is 3.10. The van der Waals surface area contributed by atoms with E-state index in [1.807, 2.05) is 0 Å². The molecule has 1 amide bonds. The van der Waals surface area contributed by atoms with E-state index in [2.05, 4.69) is 70.0 Å². The zero-order valence-electron chi connectivity index (χ0n) is 20.9. The first kappa shape index (κ1) is 24.4. The first-order valence-corrected chi connectivity index (χ1v) is 12.6. The number of hydrogen-bond donors (Lipinski definition) is 1. The highest BCUT2D eigenvalue weighted by Gasteiger charge is 2.25. The van der Waals surface area contributed by atoms with Gasteiger partial charge in [-0.25, -0.2) is 0 Å². The van der Waals surface area contributed by atoms with Gasteiger partial charge in [0.25, 0.3) is 11.7 Å². The van der Waals surface area contributed by atoms with Crippen LogP contribution in [-0.2, 0) is 11.2 Å². The Labute approximate surface area is 204 Å². The van der Waals surface area contributed by atoms with Crippen LogP contribution in [0.4, 0.5) is 5.69 Å². The Hall–Kier alpha value is -2.75. The second kappa shape index (κ2) is 10.7. The van der Waals surface area contributed by atoms with Gasteiger partial charge in [-0.15, -0.1) is 4.99 Å². The minimum absolute atomic E-state index is 0.213. The van der Waals surface area contributed by atoms with E-state index in [-0.39, 0.29) is 5.91 Å². The fourth-order valence-corrected chi connectivity index (χ4v) is 4.89. The summed E-state index contributed by atoms with van der Waals surface area (Å²) in [6.07, 6.45) is 8.70. The third kappa shape index (κ3) is 6.02. The molecule has 6 heteroatoms. The Morgan fingerprint density at radius 1 is 1.18 bits per heavy atom. The van der Waals surface area contributed by atoms with Crippen molar-refractivity contribution in [1.29, 1.82) is 0 Å². The van der Waals surface area contributed by atoms with Crippen LogP contribution in [0.3, 0.4) is 0 Å². The lowest BCUT2D eigenvalue weighted by Crippen LogP contribution is -2.46. The van der Waals surface area contributed by atoms with Crippen LogP contribution < -0.4 is 5.32 Å². The average Bonchev–Trinajstić information content (AvgIpc) is 3.33. The molecule has 0 aromatic heterocycles. The lowest BCUT2D eigenvalue weighted by Gasteiger charge is -2.34. The van der Waals surface area contributed by atoms with Crippen LogP contribution in [0, 0.1) is 12.0 Å². The van der Waals surface area contributed by atoms with Gasteiger partial charge in [0, 0.05) is 50.4 Å². The summed E-state index contributed by atoms with van der Waals surface area (Å²) in [4.78, 5) is 25.4. The number of carbonyl (C=O) groups is 1. The van der Waals surface area contributed by atoms with Crippen molar-refractivity contribution in [2.24, 2.45) is 10.4 Å². The Kier molecular flexibility index (Phi) is 7.65. The maximum absolute atomic E-state index is 12.9. The molecule has 3 aliphatic rings. The van der Waals surface area contributed by atoms with E-state index in [9.17, 15) is 4.79 Å². The van der Waals surface area contributed by atoms with Crippen LogP contribution in [0.2, 0.25) is 0 Å². The van der Waals surface area contributed by atoms with Crippen molar-refractivity contribution < 1.29 is 4.79 Å². The molecule has 4 rings (SSSR count). The zero-order valence-corrected chi connectivity index (χ0v) is 20.9. The molecule has 0 saturated carbocycles. The number of amides is 1. The fraction of sp³-hybridized carbons (Fsp3) is 0.536. The molecule has 1 aliphatic carbocycles. The molecule has 2 heterocycles. The lowest BCUT2D eigenvalue weighted by molar-refractivity contribution is -0.110. The first-order chi connectivity index (χ1) is 16.4. The lowest BCUT2D eigenvalue weighted by atomic mass is 9.76. The van der Waals surface area contributed by atoms with Gasteiger partial charge in [0.2, 0.25) is 0 Å². The van der Waals surface area contributed by atoms with Crippen molar-refractivity contribution in [3.05, 3.63) is 58.7 Å². The summed E-state index contributed by atoms with van der Waals surface area (Å²) in [6.45, 7) is 20.8. The molecule has 0 radical (unpaired) electrons. The van der Waals surface area contributed by atoms with E-state index in [4.69, 9.17) is 6.57 Å². The molecule has 2 aliphatic heterocycles. The molecule has 180 valence electrons. The Morgan fingerprint density at radius 3 is 2.59 bits per heavy atom. The highest BCUT2D eigenvalue weighted by molar-refractivity contribution is 6.44. The summed E-state index contributed by atoms with van der Waals surface area (Å²) in [5.41, 5.74) is 5.34. The number of hydrogen-bond acceptors (Lipinski definition) is 4. The maximum atomic E-state index is 12.9. The molecule has 1 aromatic carbocycles. The largest absolute Gasteiger partial charge is 0.361 e. The topological polar surface area (TPSA) is 52.3 Å². The summed E-state index contributed by atoms with van der Waals surface area (Å²) < 4.78 is 0. The minimum atomic E-state index is -0.213.